The Morgan fingerprint density at radius 1 is 1.67 bits per heavy atom. The van der Waals surface area contributed by atoms with E-state index < -0.39 is 5.91 Å². The highest BCUT2D eigenvalue weighted by molar-refractivity contribution is 9.08. The third-order valence-corrected chi connectivity index (χ3v) is 1.80. The average Bonchev–Trinajstić information content (AvgIpc) is 2.05. The first kappa shape index (κ1) is 8.92. The van der Waals surface area contributed by atoms with Crippen LogP contribution >= 0.6 is 15.9 Å². The molecule has 0 bridgehead atoms. The molecule has 0 saturated carbocycles. The molecule has 1 aromatic heterocycles. The van der Waals surface area contributed by atoms with Crippen molar-refractivity contribution in [1.82, 2.24) is 9.97 Å². The zero-order valence-electron chi connectivity index (χ0n) is 6.12. The maximum Gasteiger partial charge on any atom is 0.271 e. The summed E-state index contributed by atoms with van der Waals surface area (Å²) in [7, 11) is 0. The van der Waals surface area contributed by atoms with Crippen molar-refractivity contribution >= 4 is 27.7 Å². The fourth-order valence-electron chi connectivity index (χ4n) is 0.681. The standard InChI is InChI=1S/C6H7BrN4O/c7-1-3-2-10-5(8)4(11-3)6(9)12/h2H,1H2,(H2,8,10)(H2,9,12). The first-order valence-corrected chi connectivity index (χ1v) is 4.24. The number of nitrogen functional groups attached to an aromatic ring is 1. The van der Waals surface area contributed by atoms with Crippen molar-refractivity contribution in [3.8, 4) is 0 Å². The van der Waals surface area contributed by atoms with Crippen LogP contribution in [0, 0.1) is 0 Å². The van der Waals surface area contributed by atoms with E-state index in [2.05, 4.69) is 25.9 Å². The molecule has 64 valence electrons. The molecule has 0 fully saturated rings. The molecule has 12 heavy (non-hydrogen) atoms. The molecule has 0 aliphatic rings. The van der Waals surface area contributed by atoms with Crippen molar-refractivity contribution in [2.45, 2.75) is 5.33 Å². The highest BCUT2D eigenvalue weighted by atomic mass is 79.9. The normalized spacial score (nSPS) is 9.75. The molecule has 1 rings (SSSR count). The summed E-state index contributed by atoms with van der Waals surface area (Å²) in [6.45, 7) is 0. The van der Waals surface area contributed by atoms with Crippen molar-refractivity contribution in [3.05, 3.63) is 17.6 Å². The van der Waals surface area contributed by atoms with Gasteiger partial charge in [-0.1, -0.05) is 15.9 Å². The number of anilines is 1. The van der Waals surface area contributed by atoms with E-state index in [4.69, 9.17) is 11.5 Å². The molecule has 1 aromatic rings. The van der Waals surface area contributed by atoms with Crippen LogP contribution in [0.5, 0.6) is 0 Å². The van der Waals surface area contributed by atoms with Crippen LogP contribution in [0.1, 0.15) is 16.2 Å². The molecule has 0 atom stereocenters. The van der Waals surface area contributed by atoms with Crippen LogP contribution < -0.4 is 11.5 Å². The number of carbonyl (C=O) groups is 1. The van der Waals surface area contributed by atoms with E-state index >= 15 is 0 Å². The van der Waals surface area contributed by atoms with Crippen LogP contribution in [-0.2, 0) is 5.33 Å². The number of hydrogen-bond donors (Lipinski definition) is 2. The summed E-state index contributed by atoms with van der Waals surface area (Å²) in [5, 5.41) is 0.514. The average molecular weight is 231 g/mol. The first-order chi connectivity index (χ1) is 5.65. The highest BCUT2D eigenvalue weighted by Crippen LogP contribution is 2.07. The largest absolute Gasteiger partial charge is 0.382 e. The van der Waals surface area contributed by atoms with Gasteiger partial charge in [-0.2, -0.15) is 0 Å². The van der Waals surface area contributed by atoms with Crippen LogP contribution in [-0.4, -0.2) is 15.9 Å². The second-order valence-corrected chi connectivity index (χ2v) is 2.65. The van der Waals surface area contributed by atoms with Gasteiger partial charge in [0.05, 0.1) is 11.9 Å². The van der Waals surface area contributed by atoms with E-state index in [0.29, 0.717) is 11.0 Å². The van der Waals surface area contributed by atoms with Crippen molar-refractivity contribution in [2.75, 3.05) is 5.73 Å². The number of nitrogens with zero attached hydrogens (tertiary/aromatic N) is 2. The summed E-state index contributed by atoms with van der Waals surface area (Å²) in [5.41, 5.74) is 11.0. The SMILES string of the molecule is NC(=O)c1nc(CBr)cnc1N. The van der Waals surface area contributed by atoms with Crippen molar-refractivity contribution in [3.63, 3.8) is 0 Å². The van der Waals surface area contributed by atoms with Gasteiger partial charge in [-0.15, -0.1) is 0 Å². The van der Waals surface area contributed by atoms with E-state index in [9.17, 15) is 4.79 Å². The molecule has 0 aliphatic carbocycles. The van der Waals surface area contributed by atoms with Crippen molar-refractivity contribution in [2.24, 2.45) is 5.73 Å². The van der Waals surface area contributed by atoms with Gasteiger partial charge in [-0.05, 0) is 0 Å². The molecule has 0 aromatic carbocycles. The van der Waals surface area contributed by atoms with Crippen LogP contribution in [0.15, 0.2) is 6.20 Å². The Morgan fingerprint density at radius 3 is 2.83 bits per heavy atom. The van der Waals surface area contributed by atoms with E-state index in [0.717, 1.165) is 0 Å². The van der Waals surface area contributed by atoms with Gasteiger partial charge in [0.15, 0.2) is 11.5 Å². The number of aromatic nitrogens is 2. The molecule has 1 amide bonds. The van der Waals surface area contributed by atoms with Gasteiger partial charge in [-0.3, -0.25) is 4.79 Å². The third-order valence-electron chi connectivity index (χ3n) is 1.22. The van der Waals surface area contributed by atoms with E-state index in [1.54, 1.807) is 0 Å². The van der Waals surface area contributed by atoms with Gasteiger partial charge < -0.3 is 11.5 Å². The fourth-order valence-corrected chi connectivity index (χ4v) is 0.951. The Labute approximate surface area is 77.3 Å². The molecule has 0 aliphatic heterocycles. The minimum atomic E-state index is -0.664. The molecule has 0 spiro atoms. The predicted octanol–water partition coefficient (Wildman–Crippen LogP) is 0.0526. The summed E-state index contributed by atoms with van der Waals surface area (Å²) in [5.74, 6) is -0.602. The monoisotopic (exact) mass is 230 g/mol. The van der Waals surface area contributed by atoms with Crippen molar-refractivity contribution < 1.29 is 4.79 Å². The Kier molecular flexibility index (Phi) is 2.59. The molecule has 0 radical (unpaired) electrons. The van der Waals surface area contributed by atoms with Crippen molar-refractivity contribution in [1.29, 1.82) is 0 Å². The minimum Gasteiger partial charge on any atom is -0.382 e. The molecule has 0 saturated heterocycles. The number of carbonyl (C=O) groups excluding carboxylic acids is 1. The summed E-state index contributed by atoms with van der Waals surface area (Å²) in [6.07, 6.45) is 1.48. The molecular weight excluding hydrogens is 224 g/mol. The molecule has 1 heterocycles. The number of halogens is 1. The number of nitrogens with two attached hydrogens (primary N) is 2. The number of amides is 1. The minimum absolute atomic E-state index is 0.0203. The quantitative estimate of drug-likeness (QED) is 0.703. The molecule has 4 N–H and O–H groups in total. The summed E-state index contributed by atoms with van der Waals surface area (Å²) in [6, 6.07) is 0. The van der Waals surface area contributed by atoms with Gasteiger partial charge >= 0.3 is 0 Å². The second-order valence-electron chi connectivity index (χ2n) is 2.09. The third kappa shape index (κ3) is 1.70. The molecule has 0 unspecified atom stereocenters. The second kappa shape index (κ2) is 3.48. The lowest BCUT2D eigenvalue weighted by atomic mass is 10.3. The molecule has 6 heteroatoms. The Hall–Kier alpha value is -1.17. The van der Waals surface area contributed by atoms with Gasteiger partial charge in [0.2, 0.25) is 0 Å². The predicted molar refractivity (Wildman–Crippen MR) is 47.6 cm³/mol. The lowest BCUT2D eigenvalue weighted by molar-refractivity contribution is 0.0996. The zero-order chi connectivity index (χ0) is 9.14. The Balaban J connectivity index is 3.17. The maximum absolute atomic E-state index is 10.7. The number of rotatable bonds is 2. The van der Waals surface area contributed by atoms with Gasteiger partial charge in [0.25, 0.3) is 5.91 Å². The van der Waals surface area contributed by atoms with Gasteiger partial charge in [-0.25, -0.2) is 9.97 Å². The van der Waals surface area contributed by atoms with E-state index in [1.807, 2.05) is 0 Å². The number of hydrogen-bond acceptors (Lipinski definition) is 4. The van der Waals surface area contributed by atoms with Crippen LogP contribution in [0.2, 0.25) is 0 Å². The summed E-state index contributed by atoms with van der Waals surface area (Å²) < 4.78 is 0. The summed E-state index contributed by atoms with van der Waals surface area (Å²) >= 11 is 3.17. The Bertz CT molecular complexity index is 314. The van der Waals surface area contributed by atoms with Gasteiger partial charge in [0, 0.05) is 5.33 Å². The number of primary amides is 1. The molecular formula is C6H7BrN4O. The lowest BCUT2D eigenvalue weighted by Crippen LogP contribution is -2.17. The maximum atomic E-state index is 10.7. The lowest BCUT2D eigenvalue weighted by Gasteiger charge is -2.00. The summed E-state index contributed by atoms with van der Waals surface area (Å²) in [4.78, 5) is 18.4. The smallest absolute Gasteiger partial charge is 0.271 e. The zero-order valence-corrected chi connectivity index (χ0v) is 7.71. The van der Waals surface area contributed by atoms with E-state index in [1.165, 1.54) is 6.20 Å². The molecule has 5 nitrogen and oxygen atoms in total. The van der Waals surface area contributed by atoms with Crippen LogP contribution in [0.4, 0.5) is 5.82 Å². The fraction of sp³-hybridized carbons (Fsp3) is 0.167. The van der Waals surface area contributed by atoms with Gasteiger partial charge in [0.1, 0.15) is 0 Å². The van der Waals surface area contributed by atoms with Crippen LogP contribution in [0.3, 0.4) is 0 Å². The van der Waals surface area contributed by atoms with E-state index in [-0.39, 0.29) is 11.5 Å². The topological polar surface area (TPSA) is 94.9 Å². The number of alkyl halides is 1. The first-order valence-electron chi connectivity index (χ1n) is 3.12. The Morgan fingerprint density at radius 2 is 2.33 bits per heavy atom. The highest BCUT2D eigenvalue weighted by Gasteiger charge is 2.08. The van der Waals surface area contributed by atoms with Crippen LogP contribution in [0.25, 0.3) is 0 Å².